The number of carbonyl (C=O) groups excluding carboxylic acids is 2. The predicted molar refractivity (Wildman–Crippen MR) is 104 cm³/mol. The summed E-state index contributed by atoms with van der Waals surface area (Å²) >= 11 is 1.32. The zero-order valence-corrected chi connectivity index (χ0v) is 16.1. The normalized spacial score (nSPS) is 14.6. The van der Waals surface area contributed by atoms with E-state index in [2.05, 4.69) is 10.6 Å². The third-order valence-corrected chi connectivity index (χ3v) is 5.51. The third-order valence-electron chi connectivity index (χ3n) is 4.36. The van der Waals surface area contributed by atoms with Crippen molar-refractivity contribution in [3.8, 4) is 5.75 Å². The lowest BCUT2D eigenvalue weighted by atomic mass is 10.1. The van der Waals surface area contributed by atoms with Gasteiger partial charge in [0.25, 0.3) is 5.91 Å². The average Bonchev–Trinajstić information content (AvgIpc) is 3.39. The van der Waals surface area contributed by atoms with Crippen molar-refractivity contribution in [1.29, 1.82) is 0 Å². The maximum Gasteiger partial charge on any atom is 0.262 e. The number of nitrogens with one attached hydrogen (secondary N) is 2. The van der Waals surface area contributed by atoms with Crippen LogP contribution in [0.25, 0.3) is 0 Å². The van der Waals surface area contributed by atoms with Crippen molar-refractivity contribution in [2.24, 2.45) is 5.92 Å². The van der Waals surface area contributed by atoms with Gasteiger partial charge >= 0.3 is 0 Å². The first-order valence-corrected chi connectivity index (χ1v) is 9.74. The van der Waals surface area contributed by atoms with Crippen LogP contribution < -0.4 is 15.4 Å². The van der Waals surface area contributed by atoms with Crippen LogP contribution in [-0.4, -0.2) is 18.4 Å². The minimum atomic E-state index is -0.124. The Kier molecular flexibility index (Phi) is 5.61. The Labute approximate surface area is 157 Å². The van der Waals surface area contributed by atoms with Crippen LogP contribution in [0, 0.1) is 12.8 Å². The molecule has 6 heteroatoms. The molecule has 0 aliphatic heterocycles. The first-order valence-electron chi connectivity index (χ1n) is 8.92. The SMILES string of the molecule is CCOc1ccc([C@H](C)NC(=O)c2sc(NC(=O)C3CC3)cc2C)cc1. The van der Waals surface area contributed by atoms with Crippen molar-refractivity contribution in [3.05, 3.63) is 46.3 Å². The van der Waals surface area contributed by atoms with Crippen molar-refractivity contribution in [3.63, 3.8) is 0 Å². The molecule has 1 aliphatic rings. The van der Waals surface area contributed by atoms with Crippen LogP contribution in [0.5, 0.6) is 5.75 Å². The van der Waals surface area contributed by atoms with E-state index >= 15 is 0 Å². The maximum absolute atomic E-state index is 12.6. The van der Waals surface area contributed by atoms with Gasteiger partial charge in [0.1, 0.15) is 5.75 Å². The molecule has 0 radical (unpaired) electrons. The Morgan fingerprint density at radius 2 is 1.96 bits per heavy atom. The molecule has 1 fully saturated rings. The summed E-state index contributed by atoms with van der Waals surface area (Å²) < 4.78 is 5.44. The first-order chi connectivity index (χ1) is 12.5. The van der Waals surface area contributed by atoms with Gasteiger partial charge in [0, 0.05) is 5.92 Å². The molecule has 2 aromatic rings. The number of amides is 2. The summed E-state index contributed by atoms with van der Waals surface area (Å²) in [5.74, 6) is 0.899. The van der Waals surface area contributed by atoms with Crippen LogP contribution in [0.15, 0.2) is 30.3 Å². The molecular formula is C20H24N2O3S. The Morgan fingerprint density at radius 3 is 2.58 bits per heavy atom. The molecule has 1 aliphatic carbocycles. The van der Waals surface area contributed by atoms with Gasteiger partial charge in [-0.2, -0.15) is 0 Å². The molecule has 26 heavy (non-hydrogen) atoms. The van der Waals surface area contributed by atoms with E-state index in [4.69, 9.17) is 4.74 Å². The molecule has 1 aromatic heterocycles. The van der Waals surface area contributed by atoms with Crippen LogP contribution in [-0.2, 0) is 4.79 Å². The summed E-state index contributed by atoms with van der Waals surface area (Å²) in [6, 6.07) is 9.47. The van der Waals surface area contributed by atoms with Gasteiger partial charge in [-0.25, -0.2) is 0 Å². The number of rotatable bonds is 7. The Hall–Kier alpha value is -2.34. The highest BCUT2D eigenvalue weighted by molar-refractivity contribution is 7.18. The van der Waals surface area contributed by atoms with Crippen LogP contribution in [0.3, 0.4) is 0 Å². The monoisotopic (exact) mass is 372 g/mol. The van der Waals surface area contributed by atoms with Crippen LogP contribution in [0.4, 0.5) is 5.00 Å². The smallest absolute Gasteiger partial charge is 0.262 e. The van der Waals surface area contributed by atoms with E-state index < -0.39 is 0 Å². The summed E-state index contributed by atoms with van der Waals surface area (Å²) in [6.45, 7) is 6.41. The largest absolute Gasteiger partial charge is 0.494 e. The van der Waals surface area contributed by atoms with E-state index in [0.717, 1.165) is 34.7 Å². The fourth-order valence-electron chi connectivity index (χ4n) is 2.70. The summed E-state index contributed by atoms with van der Waals surface area (Å²) in [4.78, 5) is 25.1. The molecule has 0 bridgehead atoms. The molecule has 5 nitrogen and oxygen atoms in total. The van der Waals surface area contributed by atoms with Crippen LogP contribution >= 0.6 is 11.3 Å². The number of hydrogen-bond donors (Lipinski definition) is 2. The zero-order chi connectivity index (χ0) is 18.7. The number of ether oxygens (including phenoxy) is 1. The lowest BCUT2D eigenvalue weighted by Gasteiger charge is -2.14. The molecular weight excluding hydrogens is 348 g/mol. The number of hydrogen-bond acceptors (Lipinski definition) is 4. The van der Waals surface area contributed by atoms with E-state index in [1.54, 1.807) is 0 Å². The molecule has 1 heterocycles. The molecule has 2 N–H and O–H groups in total. The molecule has 3 rings (SSSR count). The number of benzene rings is 1. The molecule has 2 amide bonds. The van der Waals surface area contributed by atoms with Crippen molar-refractivity contribution >= 4 is 28.2 Å². The van der Waals surface area contributed by atoms with E-state index in [-0.39, 0.29) is 23.8 Å². The zero-order valence-electron chi connectivity index (χ0n) is 15.3. The second kappa shape index (κ2) is 7.91. The van der Waals surface area contributed by atoms with Gasteiger partial charge in [0.05, 0.1) is 22.5 Å². The summed E-state index contributed by atoms with van der Waals surface area (Å²) in [7, 11) is 0. The van der Waals surface area contributed by atoms with E-state index in [0.29, 0.717) is 11.5 Å². The minimum absolute atomic E-state index is 0.0564. The van der Waals surface area contributed by atoms with Gasteiger partial charge in [-0.3, -0.25) is 9.59 Å². The third kappa shape index (κ3) is 4.43. The van der Waals surface area contributed by atoms with Crippen molar-refractivity contribution < 1.29 is 14.3 Å². The number of anilines is 1. The molecule has 1 atom stereocenters. The highest BCUT2D eigenvalue weighted by Gasteiger charge is 2.30. The van der Waals surface area contributed by atoms with Crippen LogP contribution in [0.1, 0.15) is 53.5 Å². The molecule has 138 valence electrons. The predicted octanol–water partition coefficient (Wildman–Crippen LogP) is 4.29. The lowest BCUT2D eigenvalue weighted by Crippen LogP contribution is -2.26. The average molecular weight is 372 g/mol. The Morgan fingerprint density at radius 1 is 1.27 bits per heavy atom. The lowest BCUT2D eigenvalue weighted by molar-refractivity contribution is -0.117. The Bertz CT molecular complexity index is 794. The highest BCUT2D eigenvalue weighted by atomic mass is 32.1. The summed E-state index contributed by atoms with van der Waals surface area (Å²) in [6.07, 6.45) is 1.92. The molecule has 0 spiro atoms. The minimum Gasteiger partial charge on any atom is -0.494 e. The quantitative estimate of drug-likeness (QED) is 0.762. The van der Waals surface area contributed by atoms with Crippen LogP contribution in [0.2, 0.25) is 0 Å². The fourth-order valence-corrected chi connectivity index (χ4v) is 3.68. The topological polar surface area (TPSA) is 67.4 Å². The summed E-state index contributed by atoms with van der Waals surface area (Å²) in [5, 5.41) is 6.67. The maximum atomic E-state index is 12.6. The van der Waals surface area contributed by atoms with Gasteiger partial charge in [0.15, 0.2) is 0 Å². The molecule has 1 saturated carbocycles. The first kappa shape index (κ1) is 18.5. The fraction of sp³-hybridized carbons (Fsp3) is 0.400. The van der Waals surface area contributed by atoms with Crippen molar-refractivity contribution in [2.45, 2.75) is 39.7 Å². The number of carbonyl (C=O) groups is 2. The van der Waals surface area contributed by atoms with E-state index in [9.17, 15) is 9.59 Å². The highest BCUT2D eigenvalue weighted by Crippen LogP contribution is 2.33. The van der Waals surface area contributed by atoms with Crippen molar-refractivity contribution in [2.75, 3.05) is 11.9 Å². The molecule has 0 unspecified atom stereocenters. The van der Waals surface area contributed by atoms with E-state index in [1.165, 1.54) is 11.3 Å². The second-order valence-electron chi connectivity index (χ2n) is 6.58. The van der Waals surface area contributed by atoms with Gasteiger partial charge in [0.2, 0.25) is 5.91 Å². The number of aryl methyl sites for hydroxylation is 1. The van der Waals surface area contributed by atoms with E-state index in [1.807, 2.05) is 51.1 Å². The Balaban J connectivity index is 1.63. The number of thiophene rings is 1. The van der Waals surface area contributed by atoms with Gasteiger partial charge in [-0.15, -0.1) is 11.3 Å². The molecule has 1 aromatic carbocycles. The van der Waals surface area contributed by atoms with Gasteiger partial charge in [-0.05, 0) is 62.9 Å². The van der Waals surface area contributed by atoms with Crippen molar-refractivity contribution in [1.82, 2.24) is 5.32 Å². The van der Waals surface area contributed by atoms with Gasteiger partial charge < -0.3 is 15.4 Å². The standard InChI is InChI=1S/C20H24N2O3S/c1-4-25-16-9-7-14(8-10-16)13(3)21-20(24)18-12(2)11-17(26-18)22-19(23)15-5-6-15/h7-11,13,15H,4-6H2,1-3H3,(H,21,24)(H,22,23)/t13-/m0/s1. The summed E-state index contributed by atoms with van der Waals surface area (Å²) in [5.41, 5.74) is 1.88. The van der Waals surface area contributed by atoms with Gasteiger partial charge in [-0.1, -0.05) is 12.1 Å². The molecule has 0 saturated heterocycles. The second-order valence-corrected chi connectivity index (χ2v) is 7.64.